The van der Waals surface area contributed by atoms with Crippen molar-refractivity contribution in [3.05, 3.63) is 89.0 Å². The van der Waals surface area contributed by atoms with Gasteiger partial charge in [-0.05, 0) is 75.2 Å². The van der Waals surface area contributed by atoms with Crippen molar-refractivity contribution < 1.29 is 17.9 Å². The number of anilines is 1. The molecule has 3 aromatic rings. The van der Waals surface area contributed by atoms with E-state index in [0.717, 1.165) is 26.6 Å². The van der Waals surface area contributed by atoms with Crippen LogP contribution in [-0.2, 0) is 14.8 Å². The Morgan fingerprint density at radius 2 is 1.55 bits per heavy atom. The molecule has 1 atom stereocenters. The number of aryl methyl sites for hydroxylation is 3. The number of hydrogen-bond donors (Lipinski definition) is 1. The molecule has 1 unspecified atom stereocenters. The molecule has 0 aliphatic rings. The second-order valence-corrected chi connectivity index (χ2v) is 10.0. The summed E-state index contributed by atoms with van der Waals surface area (Å²) < 4.78 is 33.3. The molecule has 7 heteroatoms. The Bertz CT molecular complexity index is 1220. The van der Waals surface area contributed by atoms with Crippen LogP contribution in [0.5, 0.6) is 5.75 Å². The van der Waals surface area contributed by atoms with Gasteiger partial charge in [-0.2, -0.15) is 0 Å². The third-order valence-corrected chi connectivity index (χ3v) is 7.31. The molecule has 33 heavy (non-hydrogen) atoms. The molecule has 3 aromatic carbocycles. The summed E-state index contributed by atoms with van der Waals surface area (Å²) >= 11 is 0. The van der Waals surface area contributed by atoms with E-state index in [1.807, 2.05) is 39.8 Å². The maximum atomic E-state index is 13.5. The molecule has 1 N–H and O–H groups in total. The van der Waals surface area contributed by atoms with Crippen LogP contribution < -0.4 is 14.4 Å². The molecular weight excluding hydrogens is 436 g/mol. The first kappa shape index (κ1) is 24.3. The highest BCUT2D eigenvalue weighted by molar-refractivity contribution is 7.92. The van der Waals surface area contributed by atoms with E-state index in [0.29, 0.717) is 11.4 Å². The average Bonchev–Trinajstić information content (AvgIpc) is 2.77. The number of hydrogen-bond acceptors (Lipinski definition) is 4. The standard InChI is InChI=1S/C26H30N2O4S/c1-18-6-13-24(14-7-18)33(30,31)28(22-9-11-23(32-5)12-10-22)17-26(29)27-21(4)25-15-8-19(2)16-20(25)3/h6-16,21H,17H2,1-5H3,(H,27,29). The number of rotatable bonds is 8. The van der Waals surface area contributed by atoms with Gasteiger partial charge in [-0.25, -0.2) is 8.42 Å². The van der Waals surface area contributed by atoms with Crippen molar-refractivity contribution in [2.24, 2.45) is 0 Å². The number of carbonyl (C=O) groups excluding carboxylic acids is 1. The van der Waals surface area contributed by atoms with Gasteiger partial charge in [-0.3, -0.25) is 9.10 Å². The van der Waals surface area contributed by atoms with E-state index in [-0.39, 0.29) is 17.5 Å². The van der Waals surface area contributed by atoms with E-state index in [9.17, 15) is 13.2 Å². The van der Waals surface area contributed by atoms with Crippen molar-refractivity contribution >= 4 is 21.6 Å². The topological polar surface area (TPSA) is 75.7 Å². The maximum Gasteiger partial charge on any atom is 0.264 e. The Morgan fingerprint density at radius 1 is 0.939 bits per heavy atom. The molecule has 0 heterocycles. The van der Waals surface area contributed by atoms with Crippen LogP contribution in [-0.4, -0.2) is 28.0 Å². The largest absolute Gasteiger partial charge is 0.497 e. The highest BCUT2D eigenvalue weighted by Crippen LogP contribution is 2.26. The van der Waals surface area contributed by atoms with Gasteiger partial charge in [0.15, 0.2) is 0 Å². The van der Waals surface area contributed by atoms with Crippen molar-refractivity contribution in [1.29, 1.82) is 0 Å². The van der Waals surface area contributed by atoms with Gasteiger partial charge >= 0.3 is 0 Å². The van der Waals surface area contributed by atoms with Crippen molar-refractivity contribution in [1.82, 2.24) is 5.32 Å². The highest BCUT2D eigenvalue weighted by Gasteiger charge is 2.28. The molecule has 0 bridgehead atoms. The molecule has 0 aliphatic carbocycles. The van der Waals surface area contributed by atoms with Gasteiger partial charge in [-0.15, -0.1) is 0 Å². The number of nitrogens with zero attached hydrogens (tertiary/aromatic N) is 1. The quantitative estimate of drug-likeness (QED) is 0.522. The summed E-state index contributed by atoms with van der Waals surface area (Å²) in [5, 5.41) is 2.94. The molecule has 0 saturated carbocycles. The number of benzene rings is 3. The molecule has 0 fully saturated rings. The van der Waals surface area contributed by atoms with Crippen LogP contribution in [0.4, 0.5) is 5.69 Å². The van der Waals surface area contributed by atoms with Gasteiger partial charge in [0, 0.05) is 0 Å². The Balaban J connectivity index is 1.90. The molecule has 0 radical (unpaired) electrons. The Morgan fingerprint density at radius 3 is 2.12 bits per heavy atom. The zero-order valence-corrected chi connectivity index (χ0v) is 20.4. The van der Waals surface area contributed by atoms with Crippen LogP contribution in [0.1, 0.15) is 35.2 Å². The summed E-state index contributed by atoms with van der Waals surface area (Å²) in [5.74, 6) is 0.202. The van der Waals surface area contributed by atoms with Crippen LogP contribution >= 0.6 is 0 Å². The van der Waals surface area contributed by atoms with E-state index in [1.165, 1.54) is 7.11 Å². The number of sulfonamides is 1. The molecule has 3 rings (SSSR count). The number of ether oxygens (including phenoxy) is 1. The molecule has 0 aliphatic heterocycles. The zero-order valence-electron chi connectivity index (χ0n) is 19.6. The molecule has 0 spiro atoms. The fourth-order valence-electron chi connectivity index (χ4n) is 3.71. The third-order valence-electron chi connectivity index (χ3n) is 5.53. The van der Waals surface area contributed by atoms with Gasteiger partial charge in [0.2, 0.25) is 5.91 Å². The Labute approximate surface area is 196 Å². The molecule has 6 nitrogen and oxygen atoms in total. The van der Waals surface area contributed by atoms with Gasteiger partial charge < -0.3 is 10.1 Å². The van der Waals surface area contributed by atoms with Crippen LogP contribution in [0.2, 0.25) is 0 Å². The van der Waals surface area contributed by atoms with Crippen molar-refractivity contribution in [2.45, 2.75) is 38.6 Å². The van der Waals surface area contributed by atoms with Crippen molar-refractivity contribution in [3.8, 4) is 5.75 Å². The Kier molecular flexibility index (Phi) is 7.43. The lowest BCUT2D eigenvalue weighted by atomic mass is 10.0. The highest BCUT2D eigenvalue weighted by atomic mass is 32.2. The second-order valence-electron chi connectivity index (χ2n) is 8.17. The summed E-state index contributed by atoms with van der Waals surface area (Å²) in [4.78, 5) is 13.1. The van der Waals surface area contributed by atoms with Crippen LogP contribution in [0.15, 0.2) is 71.6 Å². The monoisotopic (exact) mass is 466 g/mol. The van der Waals surface area contributed by atoms with Gasteiger partial charge in [0.05, 0.1) is 23.7 Å². The number of nitrogens with one attached hydrogen (secondary N) is 1. The predicted molar refractivity (Wildman–Crippen MR) is 131 cm³/mol. The first-order valence-electron chi connectivity index (χ1n) is 10.7. The predicted octanol–water partition coefficient (Wildman–Crippen LogP) is 4.69. The minimum Gasteiger partial charge on any atom is -0.497 e. The molecule has 0 aromatic heterocycles. The fourth-order valence-corrected chi connectivity index (χ4v) is 5.13. The third kappa shape index (κ3) is 5.73. The first-order chi connectivity index (χ1) is 15.6. The smallest absolute Gasteiger partial charge is 0.264 e. The Hall–Kier alpha value is -3.32. The van der Waals surface area contributed by atoms with Gasteiger partial charge in [0.25, 0.3) is 10.0 Å². The number of methoxy groups -OCH3 is 1. The van der Waals surface area contributed by atoms with E-state index >= 15 is 0 Å². The lowest BCUT2D eigenvalue weighted by Crippen LogP contribution is -2.41. The summed E-state index contributed by atoms with van der Waals surface area (Å²) in [7, 11) is -2.43. The maximum absolute atomic E-state index is 13.5. The molecule has 174 valence electrons. The fraction of sp³-hybridized carbons (Fsp3) is 0.269. The summed E-state index contributed by atoms with van der Waals surface area (Å²) in [5.41, 5.74) is 4.54. The van der Waals surface area contributed by atoms with Crippen molar-refractivity contribution in [2.75, 3.05) is 18.0 Å². The van der Waals surface area contributed by atoms with Crippen LogP contribution in [0.25, 0.3) is 0 Å². The lowest BCUT2D eigenvalue weighted by Gasteiger charge is -2.25. The van der Waals surface area contributed by atoms with Crippen LogP contribution in [0, 0.1) is 20.8 Å². The zero-order chi connectivity index (χ0) is 24.2. The van der Waals surface area contributed by atoms with Gasteiger partial charge in [-0.1, -0.05) is 41.5 Å². The summed E-state index contributed by atoms with van der Waals surface area (Å²) in [6, 6.07) is 19.0. The summed E-state index contributed by atoms with van der Waals surface area (Å²) in [6.45, 7) is 7.44. The second kappa shape index (κ2) is 10.1. The van der Waals surface area contributed by atoms with Crippen molar-refractivity contribution in [3.63, 3.8) is 0 Å². The van der Waals surface area contributed by atoms with Crippen LogP contribution in [0.3, 0.4) is 0 Å². The SMILES string of the molecule is COc1ccc(N(CC(=O)NC(C)c2ccc(C)cc2C)S(=O)(=O)c2ccc(C)cc2)cc1. The van der Waals surface area contributed by atoms with E-state index in [4.69, 9.17) is 4.74 Å². The number of carbonyl (C=O) groups is 1. The minimum atomic E-state index is -3.97. The normalized spacial score (nSPS) is 12.2. The van der Waals surface area contributed by atoms with E-state index < -0.39 is 15.9 Å². The molecular formula is C26H30N2O4S. The van der Waals surface area contributed by atoms with Gasteiger partial charge in [0.1, 0.15) is 12.3 Å². The number of amides is 1. The minimum absolute atomic E-state index is 0.124. The molecule has 1 amide bonds. The average molecular weight is 467 g/mol. The summed E-state index contributed by atoms with van der Waals surface area (Å²) in [6.07, 6.45) is 0. The van der Waals surface area contributed by atoms with E-state index in [1.54, 1.807) is 48.5 Å². The van der Waals surface area contributed by atoms with E-state index in [2.05, 4.69) is 11.4 Å². The first-order valence-corrected chi connectivity index (χ1v) is 12.2. The molecule has 0 saturated heterocycles. The lowest BCUT2D eigenvalue weighted by molar-refractivity contribution is -0.120.